The summed E-state index contributed by atoms with van der Waals surface area (Å²) >= 11 is 1.88. The summed E-state index contributed by atoms with van der Waals surface area (Å²) in [5.41, 5.74) is 15.9. The zero-order valence-electron chi connectivity index (χ0n) is 28.7. The second-order valence-electron chi connectivity index (χ2n) is 15.7. The third kappa shape index (κ3) is 4.22. The summed E-state index contributed by atoms with van der Waals surface area (Å²) in [6.45, 7) is 9.77. The van der Waals surface area contributed by atoms with Crippen LogP contribution < -0.4 is 10.6 Å². The Hall–Kier alpha value is -4.44. The molecule has 0 saturated heterocycles. The van der Waals surface area contributed by atoms with Gasteiger partial charge < -0.3 is 5.32 Å². The van der Waals surface area contributed by atoms with E-state index in [1.54, 1.807) is 5.57 Å². The van der Waals surface area contributed by atoms with Gasteiger partial charge in [0.15, 0.2) is 0 Å². The van der Waals surface area contributed by atoms with Crippen LogP contribution in [0.3, 0.4) is 0 Å². The zero-order valence-corrected chi connectivity index (χ0v) is 29.5. The van der Waals surface area contributed by atoms with Crippen LogP contribution in [0, 0.1) is 11.8 Å². The van der Waals surface area contributed by atoms with E-state index in [2.05, 4.69) is 160 Å². The van der Waals surface area contributed by atoms with Gasteiger partial charge in [-0.3, -0.25) is 5.32 Å². The van der Waals surface area contributed by atoms with E-state index < -0.39 is 0 Å². The third-order valence-electron chi connectivity index (χ3n) is 12.4. The minimum absolute atomic E-state index is 0.00915. The van der Waals surface area contributed by atoms with E-state index in [9.17, 15) is 0 Å². The molecule has 2 heterocycles. The summed E-state index contributed by atoms with van der Waals surface area (Å²) in [5.74, 6) is 0.967. The molecule has 5 aromatic rings. The van der Waals surface area contributed by atoms with Crippen molar-refractivity contribution in [2.75, 3.05) is 5.32 Å². The molecule has 2 nitrogen and oxygen atoms in total. The quantitative estimate of drug-likeness (QED) is 0.202. The SMILES string of the molecule is CC1(C)C2=C(C=CCC2C2C=CC(C3Nc4sc5ccccc5c4C(c4ccccc4)N3)=CC2)c2cc3c(cc21)C(C)(C)c1ccccc1-3. The van der Waals surface area contributed by atoms with E-state index in [0.29, 0.717) is 11.8 Å². The van der Waals surface area contributed by atoms with Gasteiger partial charge in [0, 0.05) is 21.1 Å². The van der Waals surface area contributed by atoms with Crippen LogP contribution >= 0.6 is 11.3 Å². The van der Waals surface area contributed by atoms with Crippen LogP contribution in [0.1, 0.15) is 80.0 Å². The molecule has 5 aliphatic rings. The first-order valence-corrected chi connectivity index (χ1v) is 18.8. The lowest BCUT2D eigenvalue weighted by atomic mass is 9.67. The molecule has 0 spiro atoms. The molecule has 2 N–H and O–H groups in total. The van der Waals surface area contributed by atoms with Gasteiger partial charge in [0.25, 0.3) is 0 Å². The standard InChI is InChI=1S/C46H42N2S/c1-45(2)36-19-10-8-15-31(36)34-25-35-32-18-12-17-30(41(32)46(3,4)38(35)26-37(34)45)27-21-23-29(24-22-27)43-47-42(28-13-6-5-7-14-28)40-33-16-9-11-20-39(33)49-44(40)48-43/h5-16,18-21,23-27,30,42-43,47-48H,17,22H2,1-4H3. The van der Waals surface area contributed by atoms with Gasteiger partial charge in [0.2, 0.25) is 0 Å². The Morgan fingerprint density at radius 1 is 0.714 bits per heavy atom. The molecule has 49 heavy (non-hydrogen) atoms. The zero-order chi connectivity index (χ0) is 33.1. The number of hydrogen-bond acceptors (Lipinski definition) is 3. The van der Waals surface area contributed by atoms with Crippen molar-refractivity contribution in [1.29, 1.82) is 0 Å². The lowest BCUT2D eigenvalue weighted by molar-refractivity contribution is 0.402. The van der Waals surface area contributed by atoms with Crippen LogP contribution in [-0.2, 0) is 10.8 Å². The number of hydrogen-bond donors (Lipinski definition) is 2. The number of rotatable bonds is 3. The number of nitrogens with one attached hydrogen (secondary N) is 2. The van der Waals surface area contributed by atoms with Gasteiger partial charge >= 0.3 is 0 Å². The van der Waals surface area contributed by atoms with Gasteiger partial charge in [-0.05, 0) is 97.9 Å². The topological polar surface area (TPSA) is 24.1 Å². The molecule has 4 atom stereocenters. The molecule has 4 unspecified atom stereocenters. The Morgan fingerprint density at radius 3 is 2.33 bits per heavy atom. The summed E-state index contributed by atoms with van der Waals surface area (Å²) in [5, 5.41) is 10.6. The molecule has 1 aromatic heterocycles. The molecule has 0 radical (unpaired) electrons. The average molecular weight is 655 g/mol. The fourth-order valence-corrected chi connectivity index (χ4v) is 11.1. The molecule has 0 amide bonds. The predicted molar refractivity (Wildman–Crippen MR) is 207 cm³/mol. The minimum Gasteiger partial charge on any atom is -0.357 e. The lowest BCUT2D eigenvalue weighted by Crippen LogP contribution is -2.44. The highest BCUT2D eigenvalue weighted by molar-refractivity contribution is 7.23. The van der Waals surface area contributed by atoms with Crippen LogP contribution in [0.4, 0.5) is 5.00 Å². The minimum atomic E-state index is -0.00915. The fourth-order valence-electron chi connectivity index (χ4n) is 9.93. The molecule has 242 valence electrons. The molecule has 0 saturated carbocycles. The van der Waals surface area contributed by atoms with Gasteiger partial charge in [-0.15, -0.1) is 11.3 Å². The van der Waals surface area contributed by atoms with E-state index in [-0.39, 0.29) is 23.0 Å². The molecule has 1 aliphatic heterocycles. The van der Waals surface area contributed by atoms with E-state index in [4.69, 9.17) is 0 Å². The van der Waals surface area contributed by atoms with Crippen molar-refractivity contribution in [3.63, 3.8) is 0 Å². The van der Waals surface area contributed by atoms with Crippen LogP contribution in [0.5, 0.6) is 0 Å². The molecule has 4 aromatic carbocycles. The first kappa shape index (κ1) is 29.5. The Kier molecular flexibility index (Phi) is 6.33. The van der Waals surface area contributed by atoms with Crippen molar-refractivity contribution in [3.8, 4) is 11.1 Å². The molecular weight excluding hydrogens is 613 g/mol. The lowest BCUT2D eigenvalue weighted by Gasteiger charge is -2.38. The maximum absolute atomic E-state index is 4.02. The van der Waals surface area contributed by atoms with Crippen molar-refractivity contribution in [2.24, 2.45) is 11.8 Å². The molecular formula is C46H42N2S. The Morgan fingerprint density at radius 2 is 1.49 bits per heavy atom. The van der Waals surface area contributed by atoms with Crippen molar-refractivity contribution in [3.05, 3.63) is 166 Å². The maximum Gasteiger partial charge on any atom is 0.104 e. The number of fused-ring (bicyclic) bond motifs is 8. The van der Waals surface area contributed by atoms with Crippen LogP contribution in [0.15, 0.2) is 133 Å². The molecule has 10 rings (SSSR count). The summed E-state index contributed by atoms with van der Waals surface area (Å²) in [6, 6.07) is 34.1. The second kappa shape index (κ2) is 10.5. The van der Waals surface area contributed by atoms with E-state index in [0.717, 1.165) is 12.8 Å². The molecule has 3 heteroatoms. The Labute approximate surface area is 294 Å². The normalized spacial score (nSPS) is 25.3. The van der Waals surface area contributed by atoms with Crippen molar-refractivity contribution < 1.29 is 0 Å². The largest absolute Gasteiger partial charge is 0.357 e. The van der Waals surface area contributed by atoms with Crippen molar-refractivity contribution in [1.82, 2.24) is 5.32 Å². The van der Waals surface area contributed by atoms with Crippen LogP contribution in [0.25, 0.3) is 26.8 Å². The van der Waals surface area contributed by atoms with Crippen molar-refractivity contribution in [2.45, 2.75) is 63.6 Å². The van der Waals surface area contributed by atoms with Crippen molar-refractivity contribution >= 4 is 32.0 Å². The summed E-state index contributed by atoms with van der Waals surface area (Å²) < 4.78 is 1.34. The van der Waals surface area contributed by atoms with Crippen LogP contribution in [-0.4, -0.2) is 6.17 Å². The highest BCUT2D eigenvalue weighted by Crippen LogP contribution is 2.58. The number of allylic oxidation sites excluding steroid dienone is 6. The van der Waals surface area contributed by atoms with Crippen LogP contribution in [0.2, 0.25) is 0 Å². The predicted octanol–water partition coefficient (Wildman–Crippen LogP) is 11.5. The smallest absolute Gasteiger partial charge is 0.104 e. The van der Waals surface area contributed by atoms with Gasteiger partial charge in [-0.2, -0.15) is 0 Å². The highest BCUT2D eigenvalue weighted by atomic mass is 32.1. The average Bonchev–Trinajstić information content (AvgIpc) is 3.70. The monoisotopic (exact) mass is 654 g/mol. The highest BCUT2D eigenvalue weighted by Gasteiger charge is 2.46. The van der Waals surface area contributed by atoms with Gasteiger partial charge in [-0.1, -0.05) is 137 Å². The number of thiophene rings is 1. The maximum atomic E-state index is 4.02. The second-order valence-corrected chi connectivity index (χ2v) is 16.8. The van der Waals surface area contributed by atoms with E-state index in [1.165, 1.54) is 70.7 Å². The Balaban J connectivity index is 0.967. The first-order chi connectivity index (χ1) is 23.8. The van der Waals surface area contributed by atoms with E-state index in [1.807, 2.05) is 11.3 Å². The van der Waals surface area contributed by atoms with Gasteiger partial charge in [-0.25, -0.2) is 0 Å². The fraction of sp³-hybridized carbons (Fsp3) is 0.261. The molecule has 0 fully saturated rings. The molecule has 4 aliphatic carbocycles. The summed E-state index contributed by atoms with van der Waals surface area (Å²) in [6.07, 6.45) is 14.6. The molecule has 0 bridgehead atoms. The third-order valence-corrected chi connectivity index (χ3v) is 13.5. The van der Waals surface area contributed by atoms with E-state index >= 15 is 0 Å². The summed E-state index contributed by atoms with van der Waals surface area (Å²) in [7, 11) is 0. The number of benzene rings is 4. The summed E-state index contributed by atoms with van der Waals surface area (Å²) in [4.78, 5) is 0. The van der Waals surface area contributed by atoms with Gasteiger partial charge in [0.05, 0.1) is 11.0 Å². The van der Waals surface area contributed by atoms with Gasteiger partial charge in [0.1, 0.15) is 6.17 Å². The Bertz CT molecular complexity index is 2310. The first-order valence-electron chi connectivity index (χ1n) is 18.0. The number of anilines is 1.